The molecule has 1 saturated carbocycles. The summed E-state index contributed by atoms with van der Waals surface area (Å²) in [4.78, 5) is 1.40. The van der Waals surface area contributed by atoms with Gasteiger partial charge in [-0.05, 0) is 47.3 Å². The lowest BCUT2D eigenvalue weighted by atomic mass is 10.2. The third-order valence-electron chi connectivity index (χ3n) is 3.43. The van der Waals surface area contributed by atoms with E-state index in [9.17, 15) is 8.42 Å². The maximum Gasteiger partial charge on any atom is 0.242 e. The number of halogens is 1. The van der Waals surface area contributed by atoms with Crippen LogP contribution in [-0.2, 0) is 16.6 Å². The molecule has 0 amide bonds. The second kappa shape index (κ2) is 6.87. The fourth-order valence-electron chi connectivity index (χ4n) is 2.26. The van der Waals surface area contributed by atoms with Gasteiger partial charge in [-0.1, -0.05) is 20.3 Å². The molecule has 2 atom stereocenters. The van der Waals surface area contributed by atoms with Gasteiger partial charge in [-0.25, -0.2) is 13.1 Å². The average Bonchev–Trinajstić information content (AvgIpc) is 2.96. The normalized spacial score (nSPS) is 22.1. The minimum atomic E-state index is -3.40. The monoisotopic (exact) mass is 380 g/mol. The van der Waals surface area contributed by atoms with Crippen LogP contribution in [-0.4, -0.2) is 21.0 Å². The predicted molar refractivity (Wildman–Crippen MR) is 86.5 cm³/mol. The highest BCUT2D eigenvalue weighted by atomic mass is 79.9. The Kier molecular flexibility index (Phi) is 5.64. The summed E-state index contributed by atoms with van der Waals surface area (Å²) in [6.07, 6.45) is 3.18. The van der Waals surface area contributed by atoms with E-state index in [1.165, 1.54) is 11.3 Å². The van der Waals surface area contributed by atoms with Crippen molar-refractivity contribution in [2.45, 2.75) is 50.6 Å². The molecule has 1 fully saturated rings. The first-order valence-electron chi connectivity index (χ1n) is 6.99. The van der Waals surface area contributed by atoms with Crippen LogP contribution in [0, 0.1) is 5.92 Å². The number of nitrogens with one attached hydrogen (secondary N) is 2. The third kappa shape index (κ3) is 4.04. The van der Waals surface area contributed by atoms with Crippen molar-refractivity contribution in [1.82, 2.24) is 10.0 Å². The Morgan fingerprint density at radius 2 is 2.20 bits per heavy atom. The Morgan fingerprint density at radius 1 is 1.45 bits per heavy atom. The largest absolute Gasteiger partial charge is 0.312 e. The van der Waals surface area contributed by atoms with Gasteiger partial charge in [0.1, 0.15) is 4.90 Å². The molecule has 114 valence electrons. The van der Waals surface area contributed by atoms with E-state index in [-0.39, 0.29) is 6.04 Å². The minimum absolute atomic E-state index is 0.129. The van der Waals surface area contributed by atoms with Crippen molar-refractivity contribution in [3.63, 3.8) is 0 Å². The van der Waals surface area contributed by atoms with E-state index in [0.717, 1.165) is 30.7 Å². The van der Waals surface area contributed by atoms with Gasteiger partial charge in [0, 0.05) is 17.5 Å². The first kappa shape index (κ1) is 16.4. The molecule has 1 aromatic heterocycles. The summed E-state index contributed by atoms with van der Waals surface area (Å²) >= 11 is 4.85. The molecule has 0 radical (unpaired) electrons. The molecule has 1 aliphatic rings. The van der Waals surface area contributed by atoms with Crippen molar-refractivity contribution in [1.29, 1.82) is 0 Å². The SMILES string of the molecule is CCCC1CC1NS(=O)(=O)c1cc(CNCC)sc1Br. The second-order valence-corrected chi connectivity index (χ2v) is 9.28. The van der Waals surface area contributed by atoms with Crippen LogP contribution < -0.4 is 10.0 Å². The Labute approximate surface area is 133 Å². The van der Waals surface area contributed by atoms with E-state index >= 15 is 0 Å². The van der Waals surface area contributed by atoms with Gasteiger partial charge in [-0.3, -0.25) is 0 Å². The summed E-state index contributed by atoms with van der Waals surface area (Å²) in [5.74, 6) is 0.522. The van der Waals surface area contributed by atoms with Crippen LogP contribution in [0.3, 0.4) is 0 Å². The second-order valence-electron chi connectivity index (χ2n) is 5.14. The van der Waals surface area contributed by atoms with Crippen molar-refractivity contribution in [3.05, 3.63) is 14.7 Å². The highest BCUT2D eigenvalue weighted by Crippen LogP contribution is 2.37. The molecular weight excluding hydrogens is 360 g/mol. The molecule has 2 rings (SSSR count). The van der Waals surface area contributed by atoms with Crippen LogP contribution >= 0.6 is 27.3 Å². The van der Waals surface area contributed by atoms with Crippen molar-refractivity contribution >= 4 is 37.3 Å². The molecule has 1 aliphatic carbocycles. The van der Waals surface area contributed by atoms with Crippen LogP contribution in [0.5, 0.6) is 0 Å². The summed E-state index contributed by atoms with van der Waals surface area (Å²) < 4.78 is 28.3. The Morgan fingerprint density at radius 3 is 2.85 bits per heavy atom. The van der Waals surface area contributed by atoms with Gasteiger partial charge in [0.25, 0.3) is 0 Å². The van der Waals surface area contributed by atoms with Crippen molar-refractivity contribution in [2.75, 3.05) is 6.54 Å². The van der Waals surface area contributed by atoms with E-state index in [4.69, 9.17) is 0 Å². The van der Waals surface area contributed by atoms with Crippen LogP contribution in [0.2, 0.25) is 0 Å². The zero-order chi connectivity index (χ0) is 14.8. The van der Waals surface area contributed by atoms with Gasteiger partial charge < -0.3 is 5.32 Å². The summed E-state index contributed by atoms with van der Waals surface area (Å²) in [6, 6.07) is 1.89. The number of hydrogen-bond donors (Lipinski definition) is 2. The third-order valence-corrected chi connectivity index (χ3v) is 7.18. The smallest absolute Gasteiger partial charge is 0.242 e. The van der Waals surface area contributed by atoms with Gasteiger partial charge >= 0.3 is 0 Å². The van der Waals surface area contributed by atoms with E-state index in [1.54, 1.807) is 6.07 Å². The molecule has 0 bridgehead atoms. The minimum Gasteiger partial charge on any atom is -0.312 e. The molecule has 20 heavy (non-hydrogen) atoms. The van der Waals surface area contributed by atoms with E-state index in [0.29, 0.717) is 21.1 Å². The van der Waals surface area contributed by atoms with Crippen LogP contribution in [0.25, 0.3) is 0 Å². The van der Waals surface area contributed by atoms with E-state index in [1.807, 2.05) is 6.92 Å². The number of rotatable bonds is 8. The van der Waals surface area contributed by atoms with Crippen molar-refractivity contribution in [2.24, 2.45) is 5.92 Å². The van der Waals surface area contributed by atoms with E-state index < -0.39 is 10.0 Å². The summed E-state index contributed by atoms with van der Waals surface area (Å²) in [5, 5.41) is 3.21. The highest BCUT2D eigenvalue weighted by Gasteiger charge is 2.39. The molecule has 0 spiro atoms. The van der Waals surface area contributed by atoms with Crippen molar-refractivity contribution in [3.8, 4) is 0 Å². The molecule has 1 aromatic rings. The lowest BCUT2D eigenvalue weighted by molar-refractivity contribution is 0.573. The average molecular weight is 381 g/mol. The zero-order valence-electron chi connectivity index (χ0n) is 11.8. The maximum absolute atomic E-state index is 12.4. The predicted octanol–water partition coefficient (Wildman–Crippen LogP) is 3.09. The number of hydrogen-bond acceptors (Lipinski definition) is 4. The lowest BCUT2D eigenvalue weighted by Crippen LogP contribution is -2.27. The Bertz CT molecular complexity index is 557. The van der Waals surface area contributed by atoms with Gasteiger partial charge in [0.2, 0.25) is 10.0 Å². The van der Waals surface area contributed by atoms with E-state index in [2.05, 4.69) is 32.9 Å². The first-order valence-corrected chi connectivity index (χ1v) is 10.1. The van der Waals surface area contributed by atoms with Crippen LogP contribution in [0.4, 0.5) is 0 Å². The molecule has 0 aliphatic heterocycles. The highest BCUT2D eigenvalue weighted by molar-refractivity contribution is 9.11. The van der Waals surface area contributed by atoms with Gasteiger partial charge in [-0.15, -0.1) is 11.3 Å². The lowest BCUT2D eigenvalue weighted by Gasteiger charge is -2.05. The molecule has 4 nitrogen and oxygen atoms in total. The van der Waals surface area contributed by atoms with Crippen LogP contribution in [0.1, 0.15) is 38.0 Å². The molecule has 0 aromatic carbocycles. The van der Waals surface area contributed by atoms with Crippen molar-refractivity contribution < 1.29 is 8.42 Å². The number of thiophene rings is 1. The zero-order valence-corrected chi connectivity index (χ0v) is 15.0. The quantitative estimate of drug-likeness (QED) is 0.728. The molecule has 0 saturated heterocycles. The molecule has 2 N–H and O–H groups in total. The van der Waals surface area contributed by atoms with Gasteiger partial charge in [0.15, 0.2) is 0 Å². The summed E-state index contributed by atoms with van der Waals surface area (Å²) in [7, 11) is -3.40. The Balaban J connectivity index is 2.04. The molecular formula is C13H21BrN2O2S2. The topological polar surface area (TPSA) is 58.2 Å². The van der Waals surface area contributed by atoms with Gasteiger partial charge in [-0.2, -0.15) is 0 Å². The maximum atomic E-state index is 12.4. The summed E-state index contributed by atoms with van der Waals surface area (Å²) in [6.45, 7) is 5.74. The standard InChI is InChI=1S/C13H21BrN2O2S2/c1-3-5-9-6-11(9)16-20(17,18)12-7-10(8-15-4-2)19-13(12)14/h7,9,11,15-16H,3-6,8H2,1-2H3. The summed E-state index contributed by atoms with van der Waals surface area (Å²) in [5.41, 5.74) is 0. The first-order chi connectivity index (χ1) is 9.47. The fourth-order valence-corrected chi connectivity index (χ4v) is 6.23. The van der Waals surface area contributed by atoms with Gasteiger partial charge in [0.05, 0.1) is 3.79 Å². The number of sulfonamides is 1. The molecule has 2 unspecified atom stereocenters. The molecule has 1 heterocycles. The molecule has 7 heteroatoms. The fraction of sp³-hybridized carbons (Fsp3) is 0.692. The van der Waals surface area contributed by atoms with Crippen LogP contribution in [0.15, 0.2) is 14.7 Å². The Hall–Kier alpha value is 0.0500.